The van der Waals surface area contributed by atoms with Crippen LogP contribution in [0, 0.1) is 0 Å². The van der Waals surface area contributed by atoms with Crippen molar-refractivity contribution in [1.29, 1.82) is 0 Å². The molecule has 2 aliphatic heterocycles. The number of ether oxygens (including phenoxy) is 2. The van der Waals surface area contributed by atoms with Crippen molar-refractivity contribution in [3.63, 3.8) is 0 Å². The van der Waals surface area contributed by atoms with E-state index in [-0.39, 0.29) is 18.4 Å². The van der Waals surface area contributed by atoms with E-state index < -0.39 is 17.7 Å². The van der Waals surface area contributed by atoms with E-state index in [1.807, 2.05) is 0 Å². The average Bonchev–Trinajstić information content (AvgIpc) is 3.12. The number of nitrogens with one attached hydrogen (secondary N) is 1. The predicted octanol–water partition coefficient (Wildman–Crippen LogP) is 2.39. The first-order valence-corrected chi connectivity index (χ1v) is 9.53. The lowest BCUT2D eigenvalue weighted by atomic mass is 10.2. The maximum Gasteiger partial charge on any atom is 0.410 e. The SMILES string of the molecule is CC(C)(C)OC(=O)N1CCC[C@@H]1C(=O)Nc1ccc(N2CCOCC2=O)cc1. The highest BCUT2D eigenvalue weighted by Crippen LogP contribution is 2.24. The second-order valence-corrected chi connectivity index (χ2v) is 7.97. The molecule has 28 heavy (non-hydrogen) atoms. The minimum Gasteiger partial charge on any atom is -0.444 e. The van der Waals surface area contributed by atoms with Crippen LogP contribution >= 0.6 is 0 Å². The molecule has 1 aromatic rings. The Hall–Kier alpha value is -2.61. The van der Waals surface area contributed by atoms with Gasteiger partial charge < -0.3 is 19.7 Å². The Morgan fingerprint density at radius 3 is 2.54 bits per heavy atom. The molecule has 2 heterocycles. The lowest BCUT2D eigenvalue weighted by molar-refractivity contribution is -0.125. The summed E-state index contributed by atoms with van der Waals surface area (Å²) in [6, 6.07) is 6.54. The van der Waals surface area contributed by atoms with E-state index in [1.54, 1.807) is 49.9 Å². The molecule has 152 valence electrons. The van der Waals surface area contributed by atoms with Crippen molar-refractivity contribution in [2.24, 2.45) is 0 Å². The Bertz CT molecular complexity index is 741. The third-order valence-corrected chi connectivity index (χ3v) is 4.62. The Morgan fingerprint density at radius 1 is 1.18 bits per heavy atom. The van der Waals surface area contributed by atoms with Gasteiger partial charge >= 0.3 is 6.09 Å². The zero-order valence-corrected chi connectivity index (χ0v) is 16.6. The van der Waals surface area contributed by atoms with Gasteiger partial charge in [0.2, 0.25) is 5.91 Å². The minimum absolute atomic E-state index is 0.0815. The molecule has 3 amide bonds. The molecule has 0 bridgehead atoms. The van der Waals surface area contributed by atoms with E-state index >= 15 is 0 Å². The van der Waals surface area contributed by atoms with Gasteiger partial charge in [-0.3, -0.25) is 14.5 Å². The van der Waals surface area contributed by atoms with Crippen LogP contribution in [0.1, 0.15) is 33.6 Å². The number of likely N-dealkylation sites (tertiary alicyclic amines) is 1. The number of carbonyl (C=O) groups is 3. The summed E-state index contributed by atoms with van der Waals surface area (Å²) in [5, 5.41) is 2.86. The van der Waals surface area contributed by atoms with Crippen molar-refractivity contribution in [3.05, 3.63) is 24.3 Å². The lowest BCUT2D eigenvalue weighted by Gasteiger charge is -2.28. The topological polar surface area (TPSA) is 88.2 Å². The van der Waals surface area contributed by atoms with E-state index in [0.29, 0.717) is 31.8 Å². The van der Waals surface area contributed by atoms with Crippen LogP contribution in [-0.2, 0) is 19.1 Å². The highest BCUT2D eigenvalue weighted by Gasteiger charge is 2.36. The first-order valence-electron chi connectivity index (χ1n) is 9.53. The molecule has 1 aromatic carbocycles. The average molecular weight is 389 g/mol. The van der Waals surface area contributed by atoms with Gasteiger partial charge in [-0.1, -0.05) is 0 Å². The molecule has 2 aliphatic rings. The zero-order chi connectivity index (χ0) is 20.3. The number of rotatable bonds is 3. The molecule has 0 radical (unpaired) electrons. The van der Waals surface area contributed by atoms with Gasteiger partial charge in [0.25, 0.3) is 5.91 Å². The van der Waals surface area contributed by atoms with Crippen molar-refractivity contribution in [2.75, 3.05) is 36.5 Å². The Kier molecular flexibility index (Phi) is 5.88. The van der Waals surface area contributed by atoms with Crippen LogP contribution in [0.25, 0.3) is 0 Å². The van der Waals surface area contributed by atoms with Crippen LogP contribution in [0.15, 0.2) is 24.3 Å². The number of carbonyl (C=O) groups excluding carboxylic acids is 3. The Morgan fingerprint density at radius 2 is 1.89 bits per heavy atom. The van der Waals surface area contributed by atoms with Gasteiger partial charge in [-0.15, -0.1) is 0 Å². The zero-order valence-electron chi connectivity index (χ0n) is 16.6. The van der Waals surface area contributed by atoms with Gasteiger partial charge in [-0.2, -0.15) is 0 Å². The van der Waals surface area contributed by atoms with E-state index in [0.717, 1.165) is 12.1 Å². The molecule has 0 unspecified atom stereocenters. The fourth-order valence-electron chi connectivity index (χ4n) is 3.32. The second-order valence-electron chi connectivity index (χ2n) is 7.97. The maximum absolute atomic E-state index is 12.7. The van der Waals surface area contributed by atoms with Crippen molar-refractivity contribution >= 4 is 29.3 Å². The fourth-order valence-corrected chi connectivity index (χ4v) is 3.32. The molecular weight excluding hydrogens is 362 g/mol. The maximum atomic E-state index is 12.7. The molecule has 0 aromatic heterocycles. The first-order chi connectivity index (χ1) is 13.2. The molecule has 1 atom stereocenters. The Labute approximate surface area is 164 Å². The highest BCUT2D eigenvalue weighted by molar-refractivity contribution is 5.98. The summed E-state index contributed by atoms with van der Waals surface area (Å²) in [7, 11) is 0. The van der Waals surface area contributed by atoms with Crippen molar-refractivity contribution < 1.29 is 23.9 Å². The number of amides is 3. The highest BCUT2D eigenvalue weighted by atomic mass is 16.6. The quantitative estimate of drug-likeness (QED) is 0.858. The standard InChI is InChI=1S/C20H27N3O5/c1-20(2,3)28-19(26)23-10-4-5-16(23)18(25)21-14-6-8-15(9-7-14)22-11-12-27-13-17(22)24/h6-9,16H,4-5,10-13H2,1-3H3,(H,21,25)/t16-/m1/s1. The minimum atomic E-state index is -0.604. The largest absolute Gasteiger partial charge is 0.444 e. The van der Waals surface area contributed by atoms with Crippen LogP contribution in [0.3, 0.4) is 0 Å². The van der Waals surface area contributed by atoms with Gasteiger partial charge in [-0.05, 0) is 57.9 Å². The number of anilines is 2. The molecule has 3 rings (SSSR count). The van der Waals surface area contributed by atoms with Crippen molar-refractivity contribution in [3.8, 4) is 0 Å². The van der Waals surface area contributed by atoms with Crippen molar-refractivity contribution in [1.82, 2.24) is 4.90 Å². The van der Waals surface area contributed by atoms with Gasteiger partial charge in [0, 0.05) is 24.5 Å². The van der Waals surface area contributed by atoms with Crippen molar-refractivity contribution in [2.45, 2.75) is 45.3 Å². The number of hydrogen-bond donors (Lipinski definition) is 1. The lowest BCUT2D eigenvalue weighted by Crippen LogP contribution is -2.45. The summed E-state index contributed by atoms with van der Waals surface area (Å²) < 4.78 is 10.5. The van der Waals surface area contributed by atoms with Crippen LogP contribution in [0.5, 0.6) is 0 Å². The summed E-state index contributed by atoms with van der Waals surface area (Å²) in [6.07, 6.45) is 0.896. The number of morpholine rings is 1. The normalized spacial score (nSPS) is 20.2. The molecule has 1 N–H and O–H groups in total. The predicted molar refractivity (Wildman–Crippen MR) is 104 cm³/mol. The summed E-state index contributed by atoms with van der Waals surface area (Å²) in [5.74, 6) is -0.319. The second kappa shape index (κ2) is 8.18. The molecular formula is C20H27N3O5. The molecule has 8 heteroatoms. The molecule has 8 nitrogen and oxygen atoms in total. The number of nitrogens with zero attached hydrogens (tertiary/aromatic N) is 2. The van der Waals surface area contributed by atoms with Crippen LogP contribution in [0.2, 0.25) is 0 Å². The summed E-state index contributed by atoms with van der Waals surface area (Å²) >= 11 is 0. The van der Waals surface area contributed by atoms with Gasteiger partial charge in [0.05, 0.1) is 6.61 Å². The molecule has 0 spiro atoms. The van der Waals surface area contributed by atoms with Gasteiger partial charge in [0.1, 0.15) is 18.2 Å². The number of benzene rings is 1. The van der Waals surface area contributed by atoms with Gasteiger partial charge in [-0.25, -0.2) is 4.79 Å². The van der Waals surface area contributed by atoms with Gasteiger partial charge in [0.15, 0.2) is 0 Å². The molecule has 2 fully saturated rings. The van der Waals surface area contributed by atoms with Crippen LogP contribution in [0.4, 0.5) is 16.2 Å². The smallest absolute Gasteiger partial charge is 0.410 e. The summed E-state index contributed by atoms with van der Waals surface area (Å²) in [4.78, 5) is 40.1. The third kappa shape index (κ3) is 4.81. The van der Waals surface area contributed by atoms with Crippen LogP contribution in [-0.4, -0.2) is 60.8 Å². The Balaban J connectivity index is 1.62. The third-order valence-electron chi connectivity index (χ3n) is 4.62. The van der Waals surface area contributed by atoms with E-state index in [4.69, 9.17) is 9.47 Å². The van der Waals surface area contributed by atoms with E-state index in [2.05, 4.69) is 5.32 Å². The molecule has 0 saturated carbocycles. The van der Waals surface area contributed by atoms with E-state index in [9.17, 15) is 14.4 Å². The number of hydrogen-bond acceptors (Lipinski definition) is 5. The first kappa shape index (κ1) is 20.1. The molecule has 2 saturated heterocycles. The fraction of sp³-hybridized carbons (Fsp3) is 0.550. The van der Waals surface area contributed by atoms with E-state index in [1.165, 1.54) is 4.90 Å². The monoisotopic (exact) mass is 389 g/mol. The van der Waals surface area contributed by atoms with Crippen LogP contribution < -0.4 is 10.2 Å². The molecule has 0 aliphatic carbocycles. The summed E-state index contributed by atoms with van der Waals surface area (Å²) in [5.41, 5.74) is 0.779. The summed E-state index contributed by atoms with van der Waals surface area (Å²) in [6.45, 7) is 7.01.